The molecule has 2 rings (SSSR count). The number of carboxylic acids is 1. The number of hydrogen-bond donors (Lipinski definition) is 2. The van der Waals surface area contributed by atoms with Crippen LogP contribution in [-0.2, 0) is 4.79 Å². The first-order chi connectivity index (χ1) is 8.56. The van der Waals surface area contributed by atoms with Gasteiger partial charge in [0.15, 0.2) is 0 Å². The molecule has 0 bridgehead atoms. The van der Waals surface area contributed by atoms with Gasteiger partial charge in [-0.25, -0.2) is 4.79 Å². The Balaban J connectivity index is 1.78. The molecule has 2 unspecified atom stereocenters. The van der Waals surface area contributed by atoms with E-state index in [0.29, 0.717) is 19.5 Å². The van der Waals surface area contributed by atoms with Gasteiger partial charge in [0, 0.05) is 19.1 Å². The Kier molecular flexibility index (Phi) is 4.09. The molecule has 0 radical (unpaired) electrons. The van der Waals surface area contributed by atoms with Crippen LogP contribution in [0.25, 0.3) is 0 Å². The van der Waals surface area contributed by atoms with Crippen LogP contribution in [0.1, 0.15) is 39.0 Å². The molecule has 1 saturated carbocycles. The number of carbonyl (C=O) groups is 2. The first-order valence-corrected chi connectivity index (χ1v) is 6.84. The van der Waals surface area contributed by atoms with Gasteiger partial charge < -0.3 is 15.3 Å². The van der Waals surface area contributed by atoms with Crippen molar-refractivity contribution < 1.29 is 14.7 Å². The molecule has 1 heterocycles. The molecule has 0 aromatic heterocycles. The molecular formula is C13H22N2O3. The van der Waals surface area contributed by atoms with Gasteiger partial charge in [0.2, 0.25) is 0 Å². The lowest BCUT2D eigenvalue weighted by Crippen LogP contribution is -2.49. The number of piperidine rings is 1. The van der Waals surface area contributed by atoms with E-state index in [1.807, 2.05) is 6.92 Å². The molecule has 5 nitrogen and oxygen atoms in total. The van der Waals surface area contributed by atoms with E-state index in [1.54, 1.807) is 4.90 Å². The monoisotopic (exact) mass is 254 g/mol. The number of amides is 2. The van der Waals surface area contributed by atoms with E-state index < -0.39 is 11.9 Å². The Morgan fingerprint density at radius 3 is 2.72 bits per heavy atom. The van der Waals surface area contributed by atoms with Gasteiger partial charge in [0.25, 0.3) is 0 Å². The summed E-state index contributed by atoms with van der Waals surface area (Å²) in [5, 5.41) is 12.0. The number of likely N-dealkylation sites (tertiary alicyclic amines) is 1. The molecule has 2 amide bonds. The SMILES string of the molecule is CC(CC1CC1)NC(=O)N1CCCC(C(=O)O)C1. The maximum Gasteiger partial charge on any atom is 0.317 e. The topological polar surface area (TPSA) is 69.6 Å². The van der Waals surface area contributed by atoms with Crippen LogP contribution in [0, 0.1) is 11.8 Å². The van der Waals surface area contributed by atoms with E-state index in [4.69, 9.17) is 5.11 Å². The van der Waals surface area contributed by atoms with Crippen molar-refractivity contribution in [3.05, 3.63) is 0 Å². The summed E-state index contributed by atoms with van der Waals surface area (Å²) in [6, 6.07) is 0.0873. The highest BCUT2D eigenvalue weighted by molar-refractivity contribution is 5.76. The van der Waals surface area contributed by atoms with Gasteiger partial charge in [-0.05, 0) is 32.1 Å². The Morgan fingerprint density at radius 2 is 2.11 bits per heavy atom. The first kappa shape index (κ1) is 13.2. The minimum atomic E-state index is -0.793. The third-order valence-electron chi connectivity index (χ3n) is 3.81. The fourth-order valence-corrected chi connectivity index (χ4v) is 2.58. The summed E-state index contributed by atoms with van der Waals surface area (Å²) in [7, 11) is 0. The predicted octanol–water partition coefficient (Wildman–Crippen LogP) is 1.68. The third-order valence-corrected chi connectivity index (χ3v) is 3.81. The molecule has 18 heavy (non-hydrogen) atoms. The summed E-state index contributed by atoms with van der Waals surface area (Å²) < 4.78 is 0. The van der Waals surface area contributed by atoms with Crippen LogP contribution in [0.5, 0.6) is 0 Å². The fraction of sp³-hybridized carbons (Fsp3) is 0.846. The third kappa shape index (κ3) is 3.62. The molecule has 0 aromatic carbocycles. The van der Waals surface area contributed by atoms with E-state index in [2.05, 4.69) is 5.32 Å². The number of carbonyl (C=O) groups excluding carboxylic acids is 1. The number of nitrogens with one attached hydrogen (secondary N) is 1. The summed E-state index contributed by atoms with van der Waals surface area (Å²) in [5.74, 6) is -0.407. The number of carboxylic acid groups (broad SMARTS) is 1. The molecule has 1 aliphatic heterocycles. The van der Waals surface area contributed by atoms with Crippen LogP contribution in [0.4, 0.5) is 4.79 Å². The molecule has 2 aliphatic rings. The van der Waals surface area contributed by atoms with E-state index in [1.165, 1.54) is 12.8 Å². The molecule has 102 valence electrons. The molecule has 0 aromatic rings. The number of urea groups is 1. The quantitative estimate of drug-likeness (QED) is 0.802. The summed E-state index contributed by atoms with van der Waals surface area (Å²) in [6.45, 7) is 3.04. The zero-order valence-corrected chi connectivity index (χ0v) is 10.9. The summed E-state index contributed by atoms with van der Waals surface area (Å²) in [6.07, 6.45) is 5.07. The second-order valence-corrected chi connectivity index (χ2v) is 5.65. The second kappa shape index (κ2) is 5.59. The molecule has 1 aliphatic carbocycles. The van der Waals surface area contributed by atoms with Crippen molar-refractivity contribution in [1.82, 2.24) is 10.2 Å². The van der Waals surface area contributed by atoms with E-state index >= 15 is 0 Å². The van der Waals surface area contributed by atoms with Crippen LogP contribution < -0.4 is 5.32 Å². The Morgan fingerprint density at radius 1 is 1.39 bits per heavy atom. The van der Waals surface area contributed by atoms with E-state index in [9.17, 15) is 9.59 Å². The maximum atomic E-state index is 12.0. The number of rotatable bonds is 4. The fourth-order valence-electron chi connectivity index (χ4n) is 2.58. The van der Waals surface area contributed by atoms with Crippen molar-refractivity contribution in [2.75, 3.05) is 13.1 Å². The lowest BCUT2D eigenvalue weighted by atomic mass is 9.99. The van der Waals surface area contributed by atoms with Gasteiger partial charge in [-0.2, -0.15) is 0 Å². The van der Waals surface area contributed by atoms with Crippen LogP contribution in [0.2, 0.25) is 0 Å². The largest absolute Gasteiger partial charge is 0.481 e. The highest BCUT2D eigenvalue weighted by Gasteiger charge is 2.29. The van der Waals surface area contributed by atoms with Gasteiger partial charge in [-0.3, -0.25) is 4.79 Å². The minimum Gasteiger partial charge on any atom is -0.481 e. The van der Waals surface area contributed by atoms with Crippen molar-refractivity contribution in [3.8, 4) is 0 Å². The van der Waals surface area contributed by atoms with E-state index in [0.717, 1.165) is 18.8 Å². The molecule has 0 spiro atoms. The maximum absolute atomic E-state index is 12.0. The molecular weight excluding hydrogens is 232 g/mol. The number of hydrogen-bond acceptors (Lipinski definition) is 2. The number of aliphatic carboxylic acids is 1. The summed E-state index contributed by atoms with van der Waals surface area (Å²) in [5.41, 5.74) is 0. The molecule has 2 atom stereocenters. The van der Waals surface area contributed by atoms with Crippen molar-refractivity contribution in [3.63, 3.8) is 0 Å². The van der Waals surface area contributed by atoms with Gasteiger partial charge in [0.1, 0.15) is 0 Å². The number of nitrogens with zero attached hydrogens (tertiary/aromatic N) is 1. The second-order valence-electron chi connectivity index (χ2n) is 5.65. The van der Waals surface area contributed by atoms with Gasteiger partial charge >= 0.3 is 12.0 Å². The zero-order chi connectivity index (χ0) is 13.1. The lowest BCUT2D eigenvalue weighted by molar-refractivity contribution is -0.143. The highest BCUT2D eigenvalue weighted by atomic mass is 16.4. The van der Waals surface area contributed by atoms with Crippen molar-refractivity contribution >= 4 is 12.0 Å². The Bertz CT molecular complexity index is 328. The van der Waals surface area contributed by atoms with Crippen LogP contribution in [0.15, 0.2) is 0 Å². The molecule has 2 N–H and O–H groups in total. The smallest absolute Gasteiger partial charge is 0.317 e. The van der Waals surface area contributed by atoms with Gasteiger partial charge in [0.05, 0.1) is 5.92 Å². The highest BCUT2D eigenvalue weighted by Crippen LogP contribution is 2.33. The summed E-state index contributed by atoms with van der Waals surface area (Å²) >= 11 is 0. The Hall–Kier alpha value is -1.26. The van der Waals surface area contributed by atoms with Crippen molar-refractivity contribution in [1.29, 1.82) is 0 Å². The standard InChI is InChI=1S/C13H22N2O3/c1-9(7-10-4-5-10)14-13(18)15-6-2-3-11(8-15)12(16)17/h9-11H,2-8H2,1H3,(H,14,18)(H,16,17). The molecule has 1 saturated heterocycles. The zero-order valence-electron chi connectivity index (χ0n) is 10.9. The lowest BCUT2D eigenvalue weighted by Gasteiger charge is -2.31. The van der Waals surface area contributed by atoms with Gasteiger partial charge in [-0.1, -0.05) is 12.8 Å². The minimum absolute atomic E-state index is 0.103. The van der Waals surface area contributed by atoms with Crippen LogP contribution in [-0.4, -0.2) is 41.1 Å². The van der Waals surface area contributed by atoms with E-state index in [-0.39, 0.29) is 12.1 Å². The van der Waals surface area contributed by atoms with Crippen molar-refractivity contribution in [2.24, 2.45) is 11.8 Å². The van der Waals surface area contributed by atoms with Crippen LogP contribution >= 0.6 is 0 Å². The van der Waals surface area contributed by atoms with Crippen molar-refractivity contribution in [2.45, 2.75) is 45.1 Å². The predicted molar refractivity (Wildman–Crippen MR) is 67.3 cm³/mol. The Labute approximate surface area is 108 Å². The molecule has 5 heteroatoms. The average Bonchev–Trinajstić information content (AvgIpc) is 3.12. The van der Waals surface area contributed by atoms with Crippen LogP contribution in [0.3, 0.4) is 0 Å². The van der Waals surface area contributed by atoms with Gasteiger partial charge in [-0.15, -0.1) is 0 Å². The average molecular weight is 254 g/mol. The first-order valence-electron chi connectivity index (χ1n) is 6.84. The normalized spacial score (nSPS) is 25.6. The molecule has 2 fully saturated rings. The summed E-state index contributed by atoms with van der Waals surface area (Å²) in [4.78, 5) is 24.6.